The Kier molecular flexibility index (Phi) is 7.94. The number of fused-ring (bicyclic) bond motifs is 1. The number of amides is 3. The average molecular weight is 475 g/mol. The van der Waals surface area contributed by atoms with E-state index in [1.807, 2.05) is 30.3 Å². The van der Waals surface area contributed by atoms with Gasteiger partial charge in [-0.15, -0.1) is 0 Å². The minimum Gasteiger partial charge on any atom is -0.489 e. The molecule has 0 aromatic heterocycles. The molecule has 0 spiro atoms. The molecule has 35 heavy (non-hydrogen) atoms. The molecule has 3 rings (SSSR count). The standard InChI is InChI=1S/C27H30N4O4/c1-18(21(16-28)14-19-8-6-5-7-9-19)29-26(33)30-22-17-35-24-11-10-20(12-13-27(2,3)34)15-23(24)31(4)25(22)32/h5-11,15-16,22,34H,14,17,28H2,1-4H3,(H,30,33)/b21-16-,29-18+/t22-/m0/s1. The first-order valence-electron chi connectivity index (χ1n) is 11.2. The number of rotatable bonds is 4. The molecule has 1 heterocycles. The third-order valence-electron chi connectivity index (χ3n) is 5.34. The number of urea groups is 1. The second-order valence-corrected chi connectivity index (χ2v) is 8.75. The van der Waals surface area contributed by atoms with Crippen molar-refractivity contribution in [3.63, 3.8) is 0 Å². The summed E-state index contributed by atoms with van der Waals surface area (Å²) in [4.78, 5) is 31.2. The van der Waals surface area contributed by atoms with Crippen LogP contribution >= 0.6 is 0 Å². The first-order valence-corrected chi connectivity index (χ1v) is 11.2. The highest BCUT2D eigenvalue weighted by Crippen LogP contribution is 2.31. The van der Waals surface area contributed by atoms with Crippen molar-refractivity contribution in [1.29, 1.82) is 0 Å². The molecule has 182 valence electrons. The minimum atomic E-state index is -1.14. The summed E-state index contributed by atoms with van der Waals surface area (Å²) in [6.07, 6.45) is 1.96. The molecule has 3 amide bonds. The van der Waals surface area contributed by atoms with E-state index in [0.29, 0.717) is 34.7 Å². The molecule has 2 aromatic carbocycles. The van der Waals surface area contributed by atoms with Gasteiger partial charge in [0.05, 0.1) is 5.69 Å². The summed E-state index contributed by atoms with van der Waals surface area (Å²) in [6.45, 7) is 4.83. The molecule has 0 fully saturated rings. The number of hydrogen-bond donors (Lipinski definition) is 3. The normalized spacial score (nSPS) is 16.4. The van der Waals surface area contributed by atoms with E-state index < -0.39 is 17.7 Å². The molecule has 8 nitrogen and oxygen atoms in total. The number of ether oxygens (including phenoxy) is 1. The second kappa shape index (κ2) is 10.9. The van der Waals surface area contributed by atoms with Gasteiger partial charge in [0, 0.05) is 24.7 Å². The number of likely N-dealkylation sites (N-methyl/N-ethyl adjacent to an activating group) is 1. The van der Waals surface area contributed by atoms with Crippen LogP contribution in [0.1, 0.15) is 31.9 Å². The summed E-state index contributed by atoms with van der Waals surface area (Å²) >= 11 is 0. The lowest BCUT2D eigenvalue weighted by molar-refractivity contribution is -0.120. The van der Waals surface area contributed by atoms with Crippen molar-refractivity contribution in [2.24, 2.45) is 10.7 Å². The number of nitrogens with two attached hydrogens (primary N) is 1. The smallest absolute Gasteiger partial charge is 0.341 e. The first kappa shape index (κ1) is 25.5. The lowest BCUT2D eigenvalue weighted by Crippen LogP contribution is -2.48. The zero-order valence-electron chi connectivity index (χ0n) is 20.3. The van der Waals surface area contributed by atoms with Crippen molar-refractivity contribution in [2.75, 3.05) is 18.6 Å². The summed E-state index contributed by atoms with van der Waals surface area (Å²) in [5, 5.41) is 12.5. The monoisotopic (exact) mass is 474 g/mol. The van der Waals surface area contributed by atoms with Gasteiger partial charge in [0.1, 0.15) is 24.0 Å². The van der Waals surface area contributed by atoms with Gasteiger partial charge in [-0.05, 0) is 56.3 Å². The molecule has 0 aliphatic carbocycles. The maximum absolute atomic E-state index is 13.1. The van der Waals surface area contributed by atoms with Crippen LogP contribution in [0.15, 0.2) is 65.3 Å². The number of aliphatic imine (C=N–C) groups is 1. The molecule has 1 aliphatic rings. The number of hydrogen-bond acceptors (Lipinski definition) is 5. The largest absolute Gasteiger partial charge is 0.489 e. The summed E-state index contributed by atoms with van der Waals surface area (Å²) in [6, 6.07) is 13.3. The summed E-state index contributed by atoms with van der Waals surface area (Å²) < 4.78 is 5.80. The van der Waals surface area contributed by atoms with E-state index >= 15 is 0 Å². The molecule has 0 radical (unpaired) electrons. The van der Waals surface area contributed by atoms with Gasteiger partial charge in [0.2, 0.25) is 0 Å². The molecule has 8 heteroatoms. The molecule has 0 bridgehead atoms. The maximum atomic E-state index is 13.1. The van der Waals surface area contributed by atoms with Crippen LogP contribution in [-0.2, 0) is 11.2 Å². The van der Waals surface area contributed by atoms with Crippen LogP contribution in [0.25, 0.3) is 0 Å². The van der Waals surface area contributed by atoms with Crippen molar-refractivity contribution in [3.05, 3.63) is 71.4 Å². The van der Waals surface area contributed by atoms with Crippen LogP contribution in [-0.4, -0.2) is 48.1 Å². The van der Waals surface area contributed by atoms with Gasteiger partial charge in [-0.3, -0.25) is 4.79 Å². The van der Waals surface area contributed by atoms with Crippen molar-refractivity contribution in [1.82, 2.24) is 5.32 Å². The number of carbonyl (C=O) groups excluding carboxylic acids is 2. The number of nitrogens with zero attached hydrogens (tertiary/aromatic N) is 2. The van der Waals surface area contributed by atoms with Crippen LogP contribution in [0.5, 0.6) is 5.75 Å². The Bertz CT molecular complexity index is 1220. The molecule has 0 saturated heterocycles. The zero-order valence-corrected chi connectivity index (χ0v) is 20.3. The van der Waals surface area contributed by atoms with Gasteiger partial charge < -0.3 is 25.8 Å². The number of anilines is 1. The number of carbonyl (C=O) groups is 2. The third-order valence-corrected chi connectivity index (χ3v) is 5.34. The summed E-state index contributed by atoms with van der Waals surface area (Å²) in [7, 11) is 1.60. The van der Waals surface area contributed by atoms with Gasteiger partial charge in [0.15, 0.2) is 0 Å². The number of nitrogens with one attached hydrogen (secondary N) is 1. The van der Waals surface area contributed by atoms with E-state index in [9.17, 15) is 14.7 Å². The highest BCUT2D eigenvalue weighted by molar-refractivity contribution is 6.06. The van der Waals surface area contributed by atoms with Crippen LogP contribution in [0.3, 0.4) is 0 Å². The molecule has 0 saturated carbocycles. The number of aliphatic hydroxyl groups is 1. The molecule has 1 aliphatic heterocycles. The van der Waals surface area contributed by atoms with Crippen LogP contribution in [0.4, 0.5) is 10.5 Å². The van der Waals surface area contributed by atoms with Crippen LogP contribution < -0.4 is 20.7 Å². The second-order valence-electron chi connectivity index (χ2n) is 8.75. The minimum absolute atomic E-state index is 0.0468. The van der Waals surface area contributed by atoms with E-state index in [-0.39, 0.29) is 12.5 Å². The van der Waals surface area contributed by atoms with Gasteiger partial charge in [-0.2, -0.15) is 4.99 Å². The third kappa shape index (κ3) is 6.95. The molecule has 2 aromatic rings. The van der Waals surface area contributed by atoms with E-state index in [1.54, 1.807) is 46.0 Å². The summed E-state index contributed by atoms with van der Waals surface area (Å²) in [5.74, 6) is 5.77. The van der Waals surface area contributed by atoms with E-state index in [1.165, 1.54) is 11.1 Å². The van der Waals surface area contributed by atoms with Crippen molar-refractivity contribution < 1.29 is 19.4 Å². The molecular formula is C27H30N4O4. The maximum Gasteiger partial charge on any atom is 0.341 e. The SMILES string of the molecule is CC(=N\C(=O)N[C@H]1COc2ccc(C#CC(C)(C)O)cc2N(C)C1=O)/C(=C\N)Cc1ccccc1. The van der Waals surface area contributed by atoms with Crippen LogP contribution in [0.2, 0.25) is 0 Å². The predicted octanol–water partition coefficient (Wildman–Crippen LogP) is 2.79. The quantitative estimate of drug-likeness (QED) is 0.465. The Balaban J connectivity index is 1.72. The Labute approximate surface area is 205 Å². The average Bonchev–Trinajstić information content (AvgIpc) is 2.93. The summed E-state index contributed by atoms with van der Waals surface area (Å²) in [5.41, 5.74) is 7.98. The zero-order chi connectivity index (χ0) is 25.6. The van der Waals surface area contributed by atoms with Gasteiger partial charge in [-0.1, -0.05) is 42.2 Å². The topological polar surface area (TPSA) is 117 Å². The van der Waals surface area contributed by atoms with E-state index in [4.69, 9.17) is 10.5 Å². The predicted molar refractivity (Wildman–Crippen MR) is 136 cm³/mol. The fourth-order valence-corrected chi connectivity index (χ4v) is 3.43. The fraction of sp³-hybridized carbons (Fsp3) is 0.296. The van der Waals surface area contributed by atoms with Gasteiger partial charge in [-0.25, -0.2) is 4.79 Å². The molecule has 1 atom stereocenters. The van der Waals surface area contributed by atoms with E-state index in [0.717, 1.165) is 5.56 Å². The number of allylic oxidation sites excluding steroid dienone is 1. The highest BCUT2D eigenvalue weighted by Gasteiger charge is 2.30. The first-order chi connectivity index (χ1) is 16.6. The van der Waals surface area contributed by atoms with E-state index in [2.05, 4.69) is 22.2 Å². The Morgan fingerprint density at radius 3 is 2.69 bits per heavy atom. The lowest BCUT2D eigenvalue weighted by atomic mass is 10.0. The van der Waals surface area contributed by atoms with Crippen LogP contribution in [0, 0.1) is 11.8 Å². The lowest BCUT2D eigenvalue weighted by Gasteiger charge is -2.20. The molecular weight excluding hydrogens is 444 g/mol. The Morgan fingerprint density at radius 1 is 1.31 bits per heavy atom. The molecule has 4 N–H and O–H groups in total. The number of benzene rings is 2. The van der Waals surface area contributed by atoms with Gasteiger partial charge >= 0.3 is 6.03 Å². The molecule has 0 unspecified atom stereocenters. The van der Waals surface area contributed by atoms with Crippen molar-refractivity contribution in [2.45, 2.75) is 38.8 Å². The van der Waals surface area contributed by atoms with Gasteiger partial charge in [0.25, 0.3) is 5.91 Å². The fourth-order valence-electron chi connectivity index (χ4n) is 3.43. The van der Waals surface area contributed by atoms with Crippen molar-refractivity contribution in [3.8, 4) is 17.6 Å². The highest BCUT2D eigenvalue weighted by atomic mass is 16.5. The Morgan fingerprint density at radius 2 is 2.03 bits per heavy atom. The van der Waals surface area contributed by atoms with Crippen molar-refractivity contribution >= 4 is 23.3 Å². The Hall–Kier alpha value is -4.09.